The van der Waals surface area contributed by atoms with Gasteiger partial charge in [-0.25, -0.2) is 9.37 Å². The first-order valence-electron chi connectivity index (χ1n) is 12.5. The van der Waals surface area contributed by atoms with Crippen LogP contribution in [0.4, 0.5) is 4.39 Å². The van der Waals surface area contributed by atoms with E-state index in [1.54, 1.807) is 35.3 Å². The van der Waals surface area contributed by atoms with Crippen molar-refractivity contribution in [2.24, 2.45) is 0 Å². The van der Waals surface area contributed by atoms with Gasteiger partial charge in [0.2, 0.25) is 5.91 Å². The standard InChI is InChI=1S/C30H29ClFN3O2/c1-3-5-19-34(28(36)18-15-21-11-7-6-8-12-21)27(4-2)29-33-26-14-10-9-13-23(26)30(37)35(29)22-16-17-25(32)24(31)20-22/h6-18,20,27H,3-5,19H2,1-2H3/b18-15+. The zero-order chi connectivity index (χ0) is 26.4. The van der Waals surface area contributed by atoms with Gasteiger partial charge in [0.1, 0.15) is 11.6 Å². The van der Waals surface area contributed by atoms with E-state index in [0.29, 0.717) is 35.4 Å². The Morgan fingerprint density at radius 3 is 2.51 bits per heavy atom. The molecule has 1 atom stereocenters. The van der Waals surface area contributed by atoms with Crippen molar-refractivity contribution in [1.82, 2.24) is 14.5 Å². The highest BCUT2D eigenvalue weighted by Crippen LogP contribution is 2.28. The molecule has 0 bridgehead atoms. The Hall–Kier alpha value is -3.77. The number of carbonyl (C=O) groups is 1. The SMILES string of the molecule is CCCCN(C(=O)/C=C/c1ccccc1)C(CC)c1nc2ccccc2c(=O)n1-c1ccc(F)c(Cl)c1. The van der Waals surface area contributed by atoms with Crippen molar-refractivity contribution in [1.29, 1.82) is 0 Å². The molecule has 3 aromatic carbocycles. The van der Waals surface area contributed by atoms with Gasteiger partial charge in [-0.1, -0.05) is 74.3 Å². The molecule has 0 N–H and O–H groups in total. The summed E-state index contributed by atoms with van der Waals surface area (Å²) in [5.74, 6) is -0.340. The van der Waals surface area contributed by atoms with E-state index in [0.717, 1.165) is 18.4 Å². The van der Waals surface area contributed by atoms with Crippen molar-refractivity contribution >= 4 is 34.5 Å². The number of nitrogens with zero attached hydrogens (tertiary/aromatic N) is 3. The molecule has 37 heavy (non-hydrogen) atoms. The molecular formula is C30H29ClFN3O2. The fourth-order valence-electron chi connectivity index (χ4n) is 4.36. The topological polar surface area (TPSA) is 55.2 Å². The van der Waals surface area contributed by atoms with Gasteiger partial charge in [0.25, 0.3) is 5.56 Å². The Morgan fingerprint density at radius 2 is 1.81 bits per heavy atom. The number of benzene rings is 3. The second-order valence-electron chi connectivity index (χ2n) is 8.78. The maximum Gasteiger partial charge on any atom is 0.266 e. The van der Waals surface area contributed by atoms with Crippen molar-refractivity contribution in [2.45, 2.75) is 39.2 Å². The number of aromatic nitrogens is 2. The Morgan fingerprint density at radius 1 is 1.08 bits per heavy atom. The highest BCUT2D eigenvalue weighted by molar-refractivity contribution is 6.30. The van der Waals surface area contributed by atoms with E-state index in [9.17, 15) is 14.0 Å². The van der Waals surface area contributed by atoms with Gasteiger partial charge in [0.05, 0.1) is 27.7 Å². The molecule has 1 heterocycles. The summed E-state index contributed by atoms with van der Waals surface area (Å²) in [5.41, 5.74) is 1.55. The summed E-state index contributed by atoms with van der Waals surface area (Å²) in [6, 6.07) is 20.3. The van der Waals surface area contributed by atoms with E-state index >= 15 is 0 Å². The molecule has 5 nitrogen and oxygen atoms in total. The van der Waals surface area contributed by atoms with Crippen molar-refractivity contribution in [3.05, 3.63) is 111 Å². The number of halogens is 2. The monoisotopic (exact) mass is 517 g/mol. The van der Waals surface area contributed by atoms with Crippen LogP contribution < -0.4 is 5.56 Å². The number of para-hydroxylation sites is 1. The third-order valence-electron chi connectivity index (χ3n) is 6.28. The minimum atomic E-state index is -0.577. The van der Waals surface area contributed by atoms with Crippen LogP contribution >= 0.6 is 11.6 Å². The number of rotatable bonds is 9. The zero-order valence-corrected chi connectivity index (χ0v) is 21.7. The van der Waals surface area contributed by atoms with E-state index in [4.69, 9.17) is 16.6 Å². The van der Waals surface area contributed by atoms with Crippen LogP contribution in [0.25, 0.3) is 22.7 Å². The number of hydrogen-bond acceptors (Lipinski definition) is 3. The lowest BCUT2D eigenvalue weighted by Crippen LogP contribution is -2.38. The van der Waals surface area contributed by atoms with Gasteiger partial charge < -0.3 is 4.90 Å². The molecule has 1 amide bonds. The Balaban J connectivity index is 1.88. The molecule has 0 spiro atoms. The Kier molecular flexibility index (Phi) is 8.51. The third kappa shape index (κ3) is 5.81. The van der Waals surface area contributed by atoms with Crippen molar-refractivity contribution in [3.8, 4) is 5.69 Å². The maximum atomic E-state index is 14.0. The van der Waals surface area contributed by atoms with E-state index in [1.165, 1.54) is 22.8 Å². The van der Waals surface area contributed by atoms with Crippen molar-refractivity contribution < 1.29 is 9.18 Å². The molecule has 4 aromatic rings. The van der Waals surface area contributed by atoms with Crippen molar-refractivity contribution in [2.75, 3.05) is 6.54 Å². The molecule has 190 valence electrons. The van der Waals surface area contributed by atoms with E-state index < -0.39 is 11.9 Å². The molecule has 0 radical (unpaired) electrons. The quantitative estimate of drug-likeness (QED) is 0.225. The molecule has 1 unspecified atom stereocenters. The van der Waals surface area contributed by atoms with Gasteiger partial charge in [0.15, 0.2) is 0 Å². The molecule has 0 fully saturated rings. The second kappa shape index (κ2) is 12.0. The molecule has 0 saturated carbocycles. The number of hydrogen-bond donors (Lipinski definition) is 0. The minimum Gasteiger partial charge on any atom is -0.329 e. The molecule has 0 aliphatic rings. The second-order valence-corrected chi connectivity index (χ2v) is 9.19. The molecule has 7 heteroatoms. The molecule has 0 saturated heterocycles. The molecular weight excluding hydrogens is 489 g/mol. The predicted octanol–water partition coefficient (Wildman–Crippen LogP) is 6.97. The van der Waals surface area contributed by atoms with E-state index in [2.05, 4.69) is 6.92 Å². The summed E-state index contributed by atoms with van der Waals surface area (Å²) in [6.45, 7) is 4.52. The van der Waals surface area contributed by atoms with Crippen LogP contribution in [0, 0.1) is 5.82 Å². The number of carbonyl (C=O) groups excluding carboxylic acids is 1. The summed E-state index contributed by atoms with van der Waals surface area (Å²) in [6.07, 6.45) is 5.56. The fraction of sp³-hybridized carbons (Fsp3) is 0.233. The van der Waals surface area contributed by atoms with Gasteiger partial charge in [-0.3, -0.25) is 14.2 Å². The lowest BCUT2D eigenvalue weighted by Gasteiger charge is -2.31. The summed E-state index contributed by atoms with van der Waals surface area (Å²) >= 11 is 6.10. The van der Waals surface area contributed by atoms with Crippen LogP contribution in [0.1, 0.15) is 50.5 Å². The van der Waals surface area contributed by atoms with Gasteiger partial charge in [-0.05, 0) is 54.8 Å². The van der Waals surface area contributed by atoms with Crippen LogP contribution in [-0.2, 0) is 4.79 Å². The summed E-state index contributed by atoms with van der Waals surface area (Å²) in [5, 5.41) is 0.332. The highest BCUT2D eigenvalue weighted by Gasteiger charge is 2.28. The predicted molar refractivity (Wildman–Crippen MR) is 147 cm³/mol. The van der Waals surface area contributed by atoms with Crippen LogP contribution in [0.2, 0.25) is 5.02 Å². The van der Waals surface area contributed by atoms with Crippen LogP contribution in [0.15, 0.2) is 83.7 Å². The van der Waals surface area contributed by atoms with E-state index in [1.807, 2.05) is 43.3 Å². The van der Waals surface area contributed by atoms with Crippen LogP contribution in [0.3, 0.4) is 0 Å². The normalized spacial score (nSPS) is 12.2. The average Bonchev–Trinajstić information content (AvgIpc) is 2.92. The van der Waals surface area contributed by atoms with Gasteiger partial charge in [0, 0.05) is 12.6 Å². The molecule has 0 aliphatic carbocycles. The minimum absolute atomic E-state index is 0.0960. The van der Waals surface area contributed by atoms with Gasteiger partial charge in [-0.15, -0.1) is 0 Å². The van der Waals surface area contributed by atoms with E-state index in [-0.39, 0.29) is 16.5 Å². The lowest BCUT2D eigenvalue weighted by molar-refractivity contribution is -0.128. The van der Waals surface area contributed by atoms with Gasteiger partial charge >= 0.3 is 0 Å². The third-order valence-corrected chi connectivity index (χ3v) is 6.57. The first-order valence-corrected chi connectivity index (χ1v) is 12.8. The van der Waals surface area contributed by atoms with Gasteiger partial charge in [-0.2, -0.15) is 0 Å². The molecule has 4 rings (SSSR count). The Bertz CT molecular complexity index is 1480. The van der Waals surface area contributed by atoms with Crippen LogP contribution in [-0.4, -0.2) is 26.9 Å². The lowest BCUT2D eigenvalue weighted by atomic mass is 10.1. The summed E-state index contributed by atoms with van der Waals surface area (Å²) < 4.78 is 15.4. The molecule has 1 aromatic heterocycles. The van der Waals surface area contributed by atoms with Crippen molar-refractivity contribution in [3.63, 3.8) is 0 Å². The smallest absolute Gasteiger partial charge is 0.266 e. The number of amides is 1. The van der Waals surface area contributed by atoms with Crippen LogP contribution in [0.5, 0.6) is 0 Å². The fourth-order valence-corrected chi connectivity index (χ4v) is 4.54. The first kappa shape index (κ1) is 26.3. The summed E-state index contributed by atoms with van der Waals surface area (Å²) in [4.78, 5) is 33.9. The summed E-state index contributed by atoms with van der Waals surface area (Å²) in [7, 11) is 0. The maximum absolute atomic E-state index is 14.0. The highest BCUT2D eigenvalue weighted by atomic mass is 35.5. The largest absolute Gasteiger partial charge is 0.329 e. The average molecular weight is 518 g/mol. The Labute approximate surface area is 220 Å². The first-order chi connectivity index (χ1) is 17.9. The zero-order valence-electron chi connectivity index (χ0n) is 20.9. The molecule has 0 aliphatic heterocycles. The number of fused-ring (bicyclic) bond motifs is 1. The number of unbranched alkanes of at least 4 members (excludes halogenated alkanes) is 1.